The van der Waals surface area contributed by atoms with Crippen molar-refractivity contribution < 1.29 is 14.7 Å². The van der Waals surface area contributed by atoms with Crippen molar-refractivity contribution in [2.75, 3.05) is 14.1 Å². The molecule has 1 rings (SSSR count). The lowest BCUT2D eigenvalue weighted by Gasteiger charge is -2.10. The number of aryl methyl sites for hydroxylation is 1. The summed E-state index contributed by atoms with van der Waals surface area (Å²) in [5, 5.41) is 12.8. The second-order valence-corrected chi connectivity index (χ2v) is 4.06. The van der Waals surface area contributed by atoms with Gasteiger partial charge in [-0.05, 0) is 13.3 Å². The molecule has 17 heavy (non-hydrogen) atoms. The molecule has 1 amide bonds. The Morgan fingerprint density at radius 1 is 1.47 bits per heavy atom. The van der Waals surface area contributed by atoms with E-state index in [0.29, 0.717) is 25.1 Å². The number of hydrogen-bond donors (Lipinski definition) is 1. The molecule has 0 saturated heterocycles. The number of aromatic nitrogens is 2. The first kappa shape index (κ1) is 13.2. The van der Waals surface area contributed by atoms with Crippen LogP contribution in [0.15, 0.2) is 6.20 Å². The Morgan fingerprint density at radius 2 is 2.12 bits per heavy atom. The fourth-order valence-electron chi connectivity index (χ4n) is 1.49. The summed E-state index contributed by atoms with van der Waals surface area (Å²) >= 11 is 0. The van der Waals surface area contributed by atoms with E-state index in [0.717, 1.165) is 0 Å². The van der Waals surface area contributed by atoms with Crippen LogP contribution < -0.4 is 0 Å². The SMILES string of the molecule is Cc1c(C(=O)O)cnn1CCCC(=O)N(C)C. The Hall–Kier alpha value is -1.85. The van der Waals surface area contributed by atoms with Crippen molar-refractivity contribution in [2.24, 2.45) is 0 Å². The lowest BCUT2D eigenvalue weighted by Crippen LogP contribution is -2.21. The quantitative estimate of drug-likeness (QED) is 0.823. The van der Waals surface area contributed by atoms with Gasteiger partial charge in [0.15, 0.2) is 0 Å². The summed E-state index contributed by atoms with van der Waals surface area (Å²) < 4.78 is 1.62. The smallest absolute Gasteiger partial charge is 0.339 e. The fourth-order valence-corrected chi connectivity index (χ4v) is 1.49. The van der Waals surface area contributed by atoms with Crippen LogP contribution in [-0.2, 0) is 11.3 Å². The monoisotopic (exact) mass is 239 g/mol. The molecule has 0 unspecified atom stereocenters. The highest BCUT2D eigenvalue weighted by atomic mass is 16.4. The largest absolute Gasteiger partial charge is 0.478 e. The maximum absolute atomic E-state index is 11.3. The number of carbonyl (C=O) groups is 2. The molecule has 0 spiro atoms. The summed E-state index contributed by atoms with van der Waals surface area (Å²) in [7, 11) is 3.42. The maximum atomic E-state index is 11.3. The summed E-state index contributed by atoms with van der Waals surface area (Å²) in [6.07, 6.45) is 2.43. The van der Waals surface area contributed by atoms with E-state index < -0.39 is 5.97 Å². The van der Waals surface area contributed by atoms with Crippen molar-refractivity contribution in [1.82, 2.24) is 14.7 Å². The third kappa shape index (κ3) is 3.30. The normalized spacial score (nSPS) is 10.3. The van der Waals surface area contributed by atoms with Gasteiger partial charge < -0.3 is 10.0 Å². The zero-order chi connectivity index (χ0) is 13.0. The molecule has 0 aliphatic heterocycles. The van der Waals surface area contributed by atoms with E-state index in [1.807, 2.05) is 0 Å². The van der Waals surface area contributed by atoms with Gasteiger partial charge in [-0.25, -0.2) is 4.79 Å². The van der Waals surface area contributed by atoms with E-state index in [1.54, 1.807) is 30.6 Å². The number of nitrogens with zero attached hydrogens (tertiary/aromatic N) is 3. The Balaban J connectivity index is 2.53. The second-order valence-electron chi connectivity index (χ2n) is 4.06. The van der Waals surface area contributed by atoms with Crippen molar-refractivity contribution in [1.29, 1.82) is 0 Å². The molecule has 0 atom stereocenters. The summed E-state index contributed by atoms with van der Waals surface area (Å²) in [6.45, 7) is 2.27. The van der Waals surface area contributed by atoms with E-state index in [1.165, 1.54) is 6.20 Å². The van der Waals surface area contributed by atoms with Gasteiger partial charge in [0, 0.05) is 32.8 Å². The maximum Gasteiger partial charge on any atom is 0.339 e. The molecule has 6 heteroatoms. The lowest BCUT2D eigenvalue weighted by atomic mass is 10.2. The van der Waals surface area contributed by atoms with Crippen LogP contribution in [0.1, 0.15) is 28.9 Å². The number of carboxylic acid groups (broad SMARTS) is 1. The molecule has 0 fully saturated rings. The predicted molar refractivity (Wildman–Crippen MR) is 61.9 cm³/mol. The van der Waals surface area contributed by atoms with Gasteiger partial charge in [-0.15, -0.1) is 0 Å². The van der Waals surface area contributed by atoms with Crippen molar-refractivity contribution in [2.45, 2.75) is 26.3 Å². The molecule has 1 aromatic rings. The van der Waals surface area contributed by atoms with Crippen molar-refractivity contribution >= 4 is 11.9 Å². The molecule has 0 aromatic carbocycles. The summed E-state index contributed by atoms with van der Waals surface area (Å²) in [5.41, 5.74) is 0.832. The molecule has 0 saturated carbocycles. The van der Waals surface area contributed by atoms with Gasteiger partial charge >= 0.3 is 5.97 Å². The number of rotatable bonds is 5. The van der Waals surface area contributed by atoms with E-state index in [4.69, 9.17) is 5.11 Å². The van der Waals surface area contributed by atoms with Crippen LogP contribution in [-0.4, -0.2) is 45.8 Å². The van der Waals surface area contributed by atoms with E-state index >= 15 is 0 Å². The van der Waals surface area contributed by atoms with Crippen LogP contribution in [0.2, 0.25) is 0 Å². The molecule has 6 nitrogen and oxygen atoms in total. The van der Waals surface area contributed by atoms with E-state index in [-0.39, 0.29) is 11.5 Å². The molecule has 94 valence electrons. The zero-order valence-electron chi connectivity index (χ0n) is 10.3. The Bertz CT molecular complexity index is 424. The molecule has 1 heterocycles. The van der Waals surface area contributed by atoms with Crippen LogP contribution in [0.25, 0.3) is 0 Å². The van der Waals surface area contributed by atoms with Crippen LogP contribution in [0.4, 0.5) is 0 Å². The molecule has 0 aliphatic carbocycles. The van der Waals surface area contributed by atoms with Gasteiger partial charge in [0.05, 0.1) is 6.20 Å². The Kier molecular flexibility index (Phi) is 4.25. The van der Waals surface area contributed by atoms with E-state index in [9.17, 15) is 9.59 Å². The zero-order valence-corrected chi connectivity index (χ0v) is 10.3. The first-order valence-corrected chi connectivity index (χ1v) is 5.39. The Labute approximate surface area is 99.8 Å². The highest BCUT2D eigenvalue weighted by Gasteiger charge is 2.12. The van der Waals surface area contributed by atoms with Gasteiger partial charge in [0.2, 0.25) is 5.91 Å². The van der Waals surface area contributed by atoms with Crippen LogP contribution >= 0.6 is 0 Å². The van der Waals surface area contributed by atoms with E-state index in [2.05, 4.69) is 5.10 Å². The molecular weight excluding hydrogens is 222 g/mol. The Morgan fingerprint density at radius 3 is 2.59 bits per heavy atom. The van der Waals surface area contributed by atoms with Crippen LogP contribution in [0.5, 0.6) is 0 Å². The first-order chi connectivity index (χ1) is 7.93. The topological polar surface area (TPSA) is 75.4 Å². The molecule has 0 radical (unpaired) electrons. The van der Waals surface area contributed by atoms with Crippen molar-refractivity contribution in [3.63, 3.8) is 0 Å². The predicted octanol–water partition coefficient (Wildman–Crippen LogP) is 0.758. The number of amides is 1. The minimum atomic E-state index is -0.974. The fraction of sp³-hybridized carbons (Fsp3) is 0.545. The highest BCUT2D eigenvalue weighted by molar-refractivity contribution is 5.88. The van der Waals surface area contributed by atoms with Gasteiger partial charge in [-0.2, -0.15) is 5.10 Å². The van der Waals surface area contributed by atoms with Gasteiger partial charge in [0.1, 0.15) is 5.56 Å². The summed E-state index contributed by atoms with van der Waals surface area (Å²) in [4.78, 5) is 23.7. The van der Waals surface area contributed by atoms with Crippen molar-refractivity contribution in [3.8, 4) is 0 Å². The molecule has 1 N–H and O–H groups in total. The second kappa shape index (κ2) is 5.47. The summed E-state index contributed by atoms with van der Waals surface area (Å²) in [5.74, 6) is -0.911. The van der Waals surface area contributed by atoms with Gasteiger partial charge in [0.25, 0.3) is 0 Å². The standard InChI is InChI=1S/C11H17N3O3/c1-8-9(11(16)17)7-12-14(8)6-4-5-10(15)13(2)3/h7H,4-6H2,1-3H3,(H,16,17). The van der Waals surface area contributed by atoms with Crippen LogP contribution in [0, 0.1) is 6.92 Å². The highest BCUT2D eigenvalue weighted by Crippen LogP contribution is 2.08. The van der Waals surface area contributed by atoms with Gasteiger partial charge in [-0.3, -0.25) is 9.48 Å². The average molecular weight is 239 g/mol. The number of carboxylic acids is 1. The minimum Gasteiger partial charge on any atom is -0.478 e. The molecule has 1 aromatic heterocycles. The molecule has 0 bridgehead atoms. The third-order valence-electron chi connectivity index (χ3n) is 2.59. The lowest BCUT2D eigenvalue weighted by molar-refractivity contribution is -0.128. The number of carbonyl (C=O) groups excluding carboxylic acids is 1. The number of aromatic carboxylic acids is 1. The molecular formula is C11H17N3O3. The molecule has 0 aliphatic rings. The van der Waals surface area contributed by atoms with Gasteiger partial charge in [-0.1, -0.05) is 0 Å². The average Bonchev–Trinajstić information content (AvgIpc) is 2.60. The third-order valence-corrected chi connectivity index (χ3v) is 2.59. The number of hydrogen-bond acceptors (Lipinski definition) is 3. The van der Waals surface area contributed by atoms with Crippen molar-refractivity contribution in [3.05, 3.63) is 17.5 Å². The first-order valence-electron chi connectivity index (χ1n) is 5.39. The van der Waals surface area contributed by atoms with Crippen LogP contribution in [0.3, 0.4) is 0 Å². The summed E-state index contributed by atoms with van der Waals surface area (Å²) in [6, 6.07) is 0. The minimum absolute atomic E-state index is 0.0632.